The summed E-state index contributed by atoms with van der Waals surface area (Å²) in [5, 5.41) is 9.19. The summed E-state index contributed by atoms with van der Waals surface area (Å²) in [5.41, 5.74) is 3.50. The Morgan fingerprint density at radius 2 is 1.95 bits per heavy atom. The topological polar surface area (TPSA) is 56.0 Å². The molecule has 0 bridgehead atoms. The predicted molar refractivity (Wildman–Crippen MR) is 77.5 cm³/mol. The summed E-state index contributed by atoms with van der Waals surface area (Å²) in [6, 6.07) is 9.59. The monoisotopic (exact) mass is 282 g/mol. The number of ether oxygens (including phenoxy) is 2. The highest BCUT2D eigenvalue weighted by Crippen LogP contribution is 2.34. The first-order chi connectivity index (χ1) is 10.3. The SMILES string of the molecule is OCc1ccn2cc(-c3ccc4c(c3)OCCO4)nc2c1. The molecule has 21 heavy (non-hydrogen) atoms. The van der Waals surface area contributed by atoms with Gasteiger partial charge in [0.1, 0.15) is 18.9 Å². The van der Waals surface area contributed by atoms with Crippen molar-refractivity contribution in [3.05, 3.63) is 48.3 Å². The number of hydrogen-bond donors (Lipinski definition) is 1. The first kappa shape index (κ1) is 12.2. The zero-order valence-electron chi connectivity index (χ0n) is 11.3. The second-order valence-electron chi connectivity index (χ2n) is 4.94. The minimum Gasteiger partial charge on any atom is -0.486 e. The molecule has 1 N–H and O–H groups in total. The van der Waals surface area contributed by atoms with Crippen LogP contribution in [0.25, 0.3) is 16.9 Å². The molecule has 0 radical (unpaired) electrons. The first-order valence-corrected chi connectivity index (χ1v) is 6.82. The molecule has 0 saturated heterocycles. The van der Waals surface area contributed by atoms with Crippen LogP contribution in [-0.4, -0.2) is 27.7 Å². The number of nitrogens with zero attached hydrogens (tertiary/aromatic N) is 2. The first-order valence-electron chi connectivity index (χ1n) is 6.82. The minimum absolute atomic E-state index is 0.0166. The number of rotatable bonds is 2. The Hall–Kier alpha value is -2.53. The van der Waals surface area contributed by atoms with E-state index in [4.69, 9.17) is 9.47 Å². The van der Waals surface area contributed by atoms with Crippen LogP contribution in [-0.2, 0) is 6.61 Å². The molecule has 1 aliphatic heterocycles. The van der Waals surface area contributed by atoms with E-state index in [0.717, 1.165) is 34.0 Å². The normalized spacial score (nSPS) is 13.6. The Labute approximate surface area is 121 Å². The van der Waals surface area contributed by atoms with Crippen LogP contribution in [0.4, 0.5) is 0 Å². The number of benzene rings is 1. The Morgan fingerprint density at radius 3 is 2.81 bits per heavy atom. The summed E-state index contributed by atoms with van der Waals surface area (Å²) in [4.78, 5) is 4.60. The number of hydrogen-bond acceptors (Lipinski definition) is 4. The molecule has 5 nitrogen and oxygen atoms in total. The Morgan fingerprint density at radius 1 is 1.10 bits per heavy atom. The lowest BCUT2D eigenvalue weighted by molar-refractivity contribution is 0.171. The zero-order chi connectivity index (χ0) is 14.2. The maximum Gasteiger partial charge on any atom is 0.162 e. The highest BCUT2D eigenvalue weighted by atomic mass is 16.6. The number of aliphatic hydroxyl groups excluding tert-OH is 1. The fourth-order valence-electron chi connectivity index (χ4n) is 2.46. The van der Waals surface area contributed by atoms with Crippen molar-refractivity contribution in [3.63, 3.8) is 0 Å². The van der Waals surface area contributed by atoms with Gasteiger partial charge < -0.3 is 19.0 Å². The van der Waals surface area contributed by atoms with E-state index in [1.165, 1.54) is 0 Å². The lowest BCUT2D eigenvalue weighted by Gasteiger charge is -2.18. The quantitative estimate of drug-likeness (QED) is 0.783. The molecule has 106 valence electrons. The van der Waals surface area contributed by atoms with Crippen LogP contribution in [0.2, 0.25) is 0 Å². The summed E-state index contributed by atoms with van der Waals surface area (Å²) < 4.78 is 13.1. The Balaban J connectivity index is 1.78. The van der Waals surface area contributed by atoms with E-state index in [-0.39, 0.29) is 6.61 Å². The molecule has 3 aromatic rings. The van der Waals surface area contributed by atoms with Crippen LogP contribution in [0, 0.1) is 0 Å². The summed E-state index contributed by atoms with van der Waals surface area (Å²) in [6.45, 7) is 1.18. The van der Waals surface area contributed by atoms with Gasteiger partial charge in [0.15, 0.2) is 11.5 Å². The van der Waals surface area contributed by atoms with Crippen LogP contribution in [0.1, 0.15) is 5.56 Å². The van der Waals surface area contributed by atoms with Gasteiger partial charge in [0.25, 0.3) is 0 Å². The molecule has 0 aliphatic carbocycles. The van der Waals surface area contributed by atoms with Gasteiger partial charge in [0, 0.05) is 18.0 Å². The molecular weight excluding hydrogens is 268 g/mol. The van der Waals surface area contributed by atoms with Gasteiger partial charge in [-0.15, -0.1) is 0 Å². The van der Waals surface area contributed by atoms with Crippen LogP contribution >= 0.6 is 0 Å². The number of imidazole rings is 1. The molecule has 0 saturated carbocycles. The third-order valence-electron chi connectivity index (χ3n) is 3.55. The maximum atomic E-state index is 9.19. The van der Waals surface area contributed by atoms with E-state index in [1.54, 1.807) is 0 Å². The number of aromatic nitrogens is 2. The molecule has 0 spiro atoms. The van der Waals surface area contributed by atoms with Crippen molar-refractivity contribution in [2.45, 2.75) is 6.61 Å². The van der Waals surface area contributed by atoms with Crippen LogP contribution < -0.4 is 9.47 Å². The lowest BCUT2D eigenvalue weighted by Crippen LogP contribution is -2.15. The zero-order valence-corrected chi connectivity index (χ0v) is 11.3. The fraction of sp³-hybridized carbons (Fsp3) is 0.188. The summed E-state index contributed by atoms with van der Waals surface area (Å²) in [5.74, 6) is 1.53. The van der Waals surface area contributed by atoms with E-state index < -0.39 is 0 Å². The molecule has 4 rings (SSSR count). The fourth-order valence-corrected chi connectivity index (χ4v) is 2.46. The predicted octanol–water partition coefficient (Wildman–Crippen LogP) is 2.26. The smallest absolute Gasteiger partial charge is 0.162 e. The lowest BCUT2D eigenvalue weighted by atomic mass is 10.1. The highest BCUT2D eigenvalue weighted by molar-refractivity contribution is 5.66. The molecule has 0 amide bonds. The van der Waals surface area contributed by atoms with Gasteiger partial charge in [0.05, 0.1) is 12.3 Å². The highest BCUT2D eigenvalue weighted by Gasteiger charge is 2.13. The van der Waals surface area contributed by atoms with E-state index in [9.17, 15) is 5.11 Å². The van der Waals surface area contributed by atoms with Crippen LogP contribution in [0.5, 0.6) is 11.5 Å². The minimum atomic E-state index is 0.0166. The van der Waals surface area contributed by atoms with Gasteiger partial charge in [0.2, 0.25) is 0 Å². The van der Waals surface area contributed by atoms with Crippen molar-refractivity contribution in [2.24, 2.45) is 0 Å². The van der Waals surface area contributed by atoms with Gasteiger partial charge in [-0.25, -0.2) is 4.98 Å². The van der Waals surface area contributed by atoms with Crippen LogP contribution in [0.3, 0.4) is 0 Å². The molecule has 1 aliphatic rings. The maximum absolute atomic E-state index is 9.19. The largest absolute Gasteiger partial charge is 0.486 e. The van der Waals surface area contributed by atoms with Crippen LogP contribution in [0.15, 0.2) is 42.7 Å². The standard InChI is InChI=1S/C16H14N2O3/c19-10-11-3-4-18-9-13(17-16(18)7-11)12-1-2-14-15(8-12)21-6-5-20-14/h1-4,7-9,19H,5-6,10H2. The van der Waals surface area contributed by atoms with Gasteiger partial charge >= 0.3 is 0 Å². The molecule has 0 atom stereocenters. The molecular formula is C16H14N2O3. The van der Waals surface area contributed by atoms with Gasteiger partial charge in [-0.3, -0.25) is 0 Å². The van der Waals surface area contributed by atoms with E-state index >= 15 is 0 Å². The molecule has 1 aromatic carbocycles. The molecule has 3 heterocycles. The summed E-state index contributed by atoms with van der Waals surface area (Å²) in [7, 11) is 0. The second kappa shape index (κ2) is 4.79. The van der Waals surface area contributed by atoms with Gasteiger partial charge in [-0.05, 0) is 35.9 Å². The van der Waals surface area contributed by atoms with E-state index in [2.05, 4.69) is 4.98 Å². The van der Waals surface area contributed by atoms with Crippen molar-refractivity contribution < 1.29 is 14.6 Å². The summed E-state index contributed by atoms with van der Waals surface area (Å²) >= 11 is 0. The van der Waals surface area contributed by atoms with Crippen molar-refractivity contribution in [1.29, 1.82) is 0 Å². The molecule has 0 fully saturated rings. The Kier molecular flexibility index (Phi) is 2.79. The van der Waals surface area contributed by atoms with Crippen molar-refractivity contribution in [3.8, 4) is 22.8 Å². The number of aliphatic hydroxyl groups is 1. The second-order valence-corrected chi connectivity index (χ2v) is 4.94. The number of fused-ring (bicyclic) bond motifs is 2. The average molecular weight is 282 g/mol. The summed E-state index contributed by atoms with van der Waals surface area (Å²) in [6.07, 6.45) is 3.86. The molecule has 0 unspecified atom stereocenters. The van der Waals surface area contributed by atoms with Crippen molar-refractivity contribution in [2.75, 3.05) is 13.2 Å². The van der Waals surface area contributed by atoms with E-state index in [0.29, 0.717) is 13.2 Å². The van der Waals surface area contributed by atoms with Gasteiger partial charge in [-0.1, -0.05) is 0 Å². The molecule has 2 aromatic heterocycles. The van der Waals surface area contributed by atoms with Gasteiger partial charge in [-0.2, -0.15) is 0 Å². The average Bonchev–Trinajstić information content (AvgIpc) is 2.97. The van der Waals surface area contributed by atoms with Crippen molar-refractivity contribution >= 4 is 5.65 Å². The molecule has 5 heteroatoms. The third-order valence-corrected chi connectivity index (χ3v) is 3.55. The third kappa shape index (κ3) is 2.11. The van der Waals surface area contributed by atoms with E-state index in [1.807, 2.05) is 47.1 Å². The number of pyridine rings is 1. The Bertz CT molecular complexity index is 810. The van der Waals surface area contributed by atoms with Crippen molar-refractivity contribution in [1.82, 2.24) is 9.38 Å².